The van der Waals surface area contributed by atoms with E-state index in [4.69, 9.17) is 23.1 Å². The summed E-state index contributed by atoms with van der Waals surface area (Å²) in [6, 6.07) is 3.76. The van der Waals surface area contributed by atoms with E-state index >= 15 is 0 Å². The van der Waals surface area contributed by atoms with Crippen molar-refractivity contribution in [3.05, 3.63) is 29.0 Å². The summed E-state index contributed by atoms with van der Waals surface area (Å²) in [5.41, 5.74) is 11.4. The van der Waals surface area contributed by atoms with Gasteiger partial charge in [-0.1, -0.05) is 11.6 Å². The zero-order valence-electron chi connectivity index (χ0n) is 8.48. The molecule has 0 aliphatic carbocycles. The number of hydrogen-bond acceptors (Lipinski definition) is 5. The molecule has 2 aromatic rings. The Hall–Kier alpha value is -2.15. The quantitative estimate of drug-likeness (QED) is 0.718. The Bertz CT molecular complexity index is 559. The summed E-state index contributed by atoms with van der Waals surface area (Å²) in [7, 11) is 0. The third-order valence-electron chi connectivity index (χ3n) is 1.96. The zero-order chi connectivity index (χ0) is 12.4. The van der Waals surface area contributed by atoms with Gasteiger partial charge in [-0.2, -0.15) is 5.10 Å². The Labute approximate surface area is 100 Å². The lowest BCUT2D eigenvalue weighted by atomic mass is 10.3. The van der Waals surface area contributed by atoms with Crippen molar-refractivity contribution in [2.24, 2.45) is 10.2 Å². The summed E-state index contributed by atoms with van der Waals surface area (Å²) < 4.78 is 12.9. The number of H-pyrrole nitrogens is 1. The summed E-state index contributed by atoms with van der Waals surface area (Å²) >= 11 is 5.81. The summed E-state index contributed by atoms with van der Waals surface area (Å²) in [6.07, 6.45) is 0. The third-order valence-corrected chi connectivity index (χ3v) is 2.28. The number of nitrogens with one attached hydrogen (secondary N) is 1. The van der Waals surface area contributed by atoms with Crippen LogP contribution in [-0.2, 0) is 0 Å². The van der Waals surface area contributed by atoms with E-state index in [2.05, 4.69) is 20.4 Å². The van der Waals surface area contributed by atoms with E-state index in [1.165, 1.54) is 12.1 Å². The fourth-order valence-electron chi connectivity index (χ4n) is 1.14. The Morgan fingerprint density at radius 1 is 1.29 bits per heavy atom. The molecule has 0 saturated heterocycles. The van der Waals surface area contributed by atoms with Gasteiger partial charge in [-0.25, -0.2) is 4.39 Å². The van der Waals surface area contributed by atoms with Crippen LogP contribution in [0, 0.1) is 5.82 Å². The lowest BCUT2D eigenvalue weighted by Crippen LogP contribution is -1.84. The van der Waals surface area contributed by atoms with Gasteiger partial charge in [-0.15, -0.1) is 10.2 Å². The average molecular weight is 255 g/mol. The van der Waals surface area contributed by atoms with Gasteiger partial charge in [0.05, 0.1) is 5.02 Å². The number of benzene rings is 1. The fraction of sp³-hybridized carbons (Fsp3) is 0. The van der Waals surface area contributed by atoms with Crippen molar-refractivity contribution in [3.63, 3.8) is 0 Å². The smallest absolute Gasteiger partial charge is 0.175 e. The molecule has 0 aliphatic heterocycles. The minimum atomic E-state index is -0.462. The lowest BCUT2D eigenvalue weighted by Gasteiger charge is -1.96. The van der Waals surface area contributed by atoms with E-state index in [1.54, 1.807) is 0 Å². The van der Waals surface area contributed by atoms with Crippen LogP contribution < -0.4 is 11.5 Å². The Kier molecular flexibility index (Phi) is 2.92. The molecule has 8 heteroatoms. The number of aromatic amines is 1. The molecule has 5 N–H and O–H groups in total. The van der Waals surface area contributed by atoms with Gasteiger partial charge in [0.15, 0.2) is 11.5 Å². The van der Waals surface area contributed by atoms with Crippen LogP contribution >= 0.6 is 11.6 Å². The van der Waals surface area contributed by atoms with Gasteiger partial charge >= 0.3 is 0 Å². The van der Waals surface area contributed by atoms with Gasteiger partial charge < -0.3 is 11.5 Å². The van der Waals surface area contributed by atoms with E-state index in [9.17, 15) is 4.39 Å². The average Bonchev–Trinajstić information content (AvgIpc) is 2.61. The molecule has 6 nitrogen and oxygen atoms in total. The Balaban J connectivity index is 2.35. The van der Waals surface area contributed by atoms with Crippen molar-refractivity contribution in [3.8, 4) is 0 Å². The van der Waals surface area contributed by atoms with Gasteiger partial charge in [0.2, 0.25) is 0 Å². The van der Waals surface area contributed by atoms with Crippen LogP contribution in [0.2, 0.25) is 5.02 Å². The molecule has 0 radical (unpaired) electrons. The molecule has 1 aromatic carbocycles. The first kappa shape index (κ1) is 11.3. The summed E-state index contributed by atoms with van der Waals surface area (Å²) in [4.78, 5) is 0. The Morgan fingerprint density at radius 3 is 2.71 bits per heavy atom. The van der Waals surface area contributed by atoms with Crippen LogP contribution in [0.25, 0.3) is 0 Å². The number of azo groups is 1. The molecule has 0 spiro atoms. The third kappa shape index (κ3) is 2.34. The van der Waals surface area contributed by atoms with Crippen LogP contribution in [0.4, 0.5) is 27.4 Å². The van der Waals surface area contributed by atoms with Crippen LogP contribution in [0.1, 0.15) is 0 Å². The van der Waals surface area contributed by atoms with Gasteiger partial charge in [0.1, 0.15) is 17.3 Å². The maximum absolute atomic E-state index is 12.9. The van der Waals surface area contributed by atoms with Crippen LogP contribution in [0.3, 0.4) is 0 Å². The van der Waals surface area contributed by atoms with E-state index in [1.807, 2.05) is 0 Å². The molecule has 1 heterocycles. The summed E-state index contributed by atoms with van der Waals surface area (Å²) in [6.45, 7) is 0. The Morgan fingerprint density at radius 2 is 2.06 bits per heavy atom. The number of halogens is 2. The normalized spacial score (nSPS) is 11.2. The van der Waals surface area contributed by atoms with E-state index in [0.29, 0.717) is 0 Å². The van der Waals surface area contributed by atoms with Gasteiger partial charge in [0, 0.05) is 6.07 Å². The highest BCUT2D eigenvalue weighted by Crippen LogP contribution is 2.31. The van der Waals surface area contributed by atoms with E-state index in [0.717, 1.165) is 6.07 Å². The molecule has 0 atom stereocenters. The standard InChI is InChI=1S/C9H8ClFN6/c10-5-2-1-4(11)3-6(5)14-15-7-8(12)16-17-9(7)13/h1-3H,(H5,12,13,16,17). The molecule has 0 aliphatic rings. The molecule has 0 unspecified atom stereocenters. The van der Waals surface area contributed by atoms with Crippen molar-refractivity contribution in [1.29, 1.82) is 0 Å². The van der Waals surface area contributed by atoms with Crippen molar-refractivity contribution < 1.29 is 4.39 Å². The first-order chi connectivity index (χ1) is 8.08. The number of nitrogens with two attached hydrogens (primary N) is 2. The van der Waals surface area contributed by atoms with Crippen molar-refractivity contribution >= 4 is 34.6 Å². The zero-order valence-corrected chi connectivity index (χ0v) is 9.24. The first-order valence-corrected chi connectivity index (χ1v) is 4.92. The summed E-state index contributed by atoms with van der Waals surface area (Å²) in [5, 5.41) is 13.9. The number of aromatic nitrogens is 2. The predicted octanol–water partition coefficient (Wildman–Crippen LogP) is 2.78. The second-order valence-electron chi connectivity index (χ2n) is 3.17. The molecule has 0 saturated carbocycles. The largest absolute Gasteiger partial charge is 0.382 e. The van der Waals surface area contributed by atoms with Crippen molar-refractivity contribution in [1.82, 2.24) is 10.2 Å². The molecular formula is C9H8ClFN6. The second-order valence-corrected chi connectivity index (χ2v) is 3.57. The molecule has 0 bridgehead atoms. The van der Waals surface area contributed by atoms with E-state index < -0.39 is 5.82 Å². The molecule has 0 amide bonds. The maximum Gasteiger partial charge on any atom is 0.175 e. The molecule has 2 rings (SSSR count). The predicted molar refractivity (Wildman–Crippen MR) is 63.0 cm³/mol. The van der Waals surface area contributed by atoms with Crippen molar-refractivity contribution in [2.75, 3.05) is 11.5 Å². The first-order valence-electron chi connectivity index (χ1n) is 4.54. The minimum absolute atomic E-state index is 0.110. The van der Waals surface area contributed by atoms with Crippen LogP contribution in [-0.4, -0.2) is 10.2 Å². The molecule has 1 aromatic heterocycles. The van der Waals surface area contributed by atoms with Gasteiger partial charge in [0.25, 0.3) is 0 Å². The SMILES string of the molecule is Nc1n[nH]c(N)c1N=Nc1cc(F)ccc1Cl. The fourth-order valence-corrected chi connectivity index (χ4v) is 1.29. The number of rotatable bonds is 2. The number of nitrogen functional groups attached to an aromatic ring is 2. The minimum Gasteiger partial charge on any atom is -0.382 e. The molecule has 88 valence electrons. The highest BCUT2D eigenvalue weighted by molar-refractivity contribution is 6.32. The van der Waals surface area contributed by atoms with Gasteiger partial charge in [-0.05, 0) is 12.1 Å². The number of nitrogens with zero attached hydrogens (tertiary/aromatic N) is 3. The molecular weight excluding hydrogens is 247 g/mol. The highest BCUT2D eigenvalue weighted by atomic mass is 35.5. The van der Waals surface area contributed by atoms with Crippen molar-refractivity contribution in [2.45, 2.75) is 0 Å². The monoisotopic (exact) mass is 254 g/mol. The topological polar surface area (TPSA) is 105 Å². The second kappa shape index (κ2) is 4.38. The van der Waals surface area contributed by atoms with Gasteiger partial charge in [-0.3, -0.25) is 5.10 Å². The summed E-state index contributed by atoms with van der Waals surface area (Å²) in [5.74, 6) is -0.172. The maximum atomic E-state index is 12.9. The van der Waals surface area contributed by atoms with Crippen LogP contribution in [0.5, 0.6) is 0 Å². The highest BCUT2D eigenvalue weighted by Gasteiger charge is 2.07. The molecule has 17 heavy (non-hydrogen) atoms. The lowest BCUT2D eigenvalue weighted by molar-refractivity contribution is 0.628. The van der Waals surface area contributed by atoms with E-state index in [-0.39, 0.29) is 28.0 Å². The molecule has 0 fully saturated rings. The number of hydrogen-bond donors (Lipinski definition) is 3. The van der Waals surface area contributed by atoms with Crippen LogP contribution in [0.15, 0.2) is 28.4 Å². The number of anilines is 2.